The highest BCUT2D eigenvalue weighted by molar-refractivity contribution is 5.76. The zero-order valence-electron chi connectivity index (χ0n) is 30.0. The van der Waals surface area contributed by atoms with Crippen LogP contribution in [0.2, 0.25) is 0 Å². The lowest BCUT2D eigenvalue weighted by Gasteiger charge is -2.40. The molecule has 0 aliphatic carbocycles. The molecular formula is C38H73NO8. The van der Waals surface area contributed by atoms with Gasteiger partial charge in [0, 0.05) is 6.42 Å². The van der Waals surface area contributed by atoms with Crippen molar-refractivity contribution in [3.05, 3.63) is 12.2 Å². The van der Waals surface area contributed by atoms with Crippen molar-refractivity contribution in [1.82, 2.24) is 5.32 Å². The third-order valence-electron chi connectivity index (χ3n) is 9.36. The Morgan fingerprint density at radius 3 is 1.66 bits per heavy atom. The van der Waals surface area contributed by atoms with E-state index in [4.69, 9.17) is 9.47 Å². The van der Waals surface area contributed by atoms with Crippen LogP contribution in [0.15, 0.2) is 12.2 Å². The smallest absolute Gasteiger partial charge is 0.220 e. The Kier molecular flexibility index (Phi) is 27.9. The molecule has 0 bridgehead atoms. The zero-order valence-corrected chi connectivity index (χ0v) is 30.0. The number of allylic oxidation sites excluding steroid dienone is 1. The Hall–Kier alpha value is -1.07. The second kappa shape index (κ2) is 29.8. The lowest BCUT2D eigenvalue weighted by Crippen LogP contribution is -2.60. The van der Waals surface area contributed by atoms with Crippen LogP contribution in [0.5, 0.6) is 0 Å². The first-order valence-electron chi connectivity index (χ1n) is 19.4. The fourth-order valence-corrected chi connectivity index (χ4v) is 6.15. The topological polar surface area (TPSA) is 149 Å². The number of amides is 1. The Balaban J connectivity index is 2.45. The second-order valence-electron chi connectivity index (χ2n) is 13.7. The summed E-state index contributed by atoms with van der Waals surface area (Å²) in [5, 5.41) is 53.8. The molecule has 9 heteroatoms. The normalized spacial score (nSPS) is 22.9. The molecule has 47 heavy (non-hydrogen) atoms. The summed E-state index contributed by atoms with van der Waals surface area (Å²) in [6, 6.07) is -0.795. The van der Waals surface area contributed by atoms with Crippen molar-refractivity contribution in [2.24, 2.45) is 0 Å². The summed E-state index contributed by atoms with van der Waals surface area (Å²) in [7, 11) is 0. The van der Waals surface area contributed by atoms with Crippen molar-refractivity contribution in [2.45, 2.75) is 211 Å². The molecule has 1 fully saturated rings. The van der Waals surface area contributed by atoms with Crippen molar-refractivity contribution >= 4 is 5.91 Å². The summed E-state index contributed by atoms with van der Waals surface area (Å²) < 4.78 is 11.1. The lowest BCUT2D eigenvalue weighted by atomic mass is 9.99. The van der Waals surface area contributed by atoms with Crippen molar-refractivity contribution in [2.75, 3.05) is 13.2 Å². The summed E-state index contributed by atoms with van der Waals surface area (Å²) in [6.07, 6.45) is 23.9. The number of nitrogens with one attached hydrogen (secondary N) is 1. The van der Waals surface area contributed by atoms with Crippen LogP contribution in [-0.4, -0.2) is 87.5 Å². The SMILES string of the molecule is CCCCCCCCCCC/C=C\[C@@H](O)[C@H](CO[C@@H]1O[C@H](CO)[C@H](O)[C@H](O)[C@H]1O)NC(=O)CCCCCCCCCCCCCCC. The van der Waals surface area contributed by atoms with Gasteiger partial charge in [-0.2, -0.15) is 0 Å². The molecule has 0 saturated carbocycles. The Bertz CT molecular complexity index is 751. The van der Waals surface area contributed by atoms with Gasteiger partial charge in [-0.3, -0.25) is 4.79 Å². The number of carbonyl (C=O) groups is 1. The van der Waals surface area contributed by atoms with Crippen LogP contribution in [0.3, 0.4) is 0 Å². The van der Waals surface area contributed by atoms with Gasteiger partial charge >= 0.3 is 0 Å². The highest BCUT2D eigenvalue weighted by atomic mass is 16.7. The summed E-state index contributed by atoms with van der Waals surface area (Å²) >= 11 is 0. The highest BCUT2D eigenvalue weighted by Crippen LogP contribution is 2.22. The molecule has 1 aliphatic rings. The lowest BCUT2D eigenvalue weighted by molar-refractivity contribution is -0.302. The second-order valence-corrected chi connectivity index (χ2v) is 13.7. The summed E-state index contributed by atoms with van der Waals surface area (Å²) in [6.45, 7) is 3.73. The van der Waals surface area contributed by atoms with E-state index in [0.29, 0.717) is 6.42 Å². The third-order valence-corrected chi connectivity index (χ3v) is 9.36. The standard InChI is InChI=1S/C38H73NO8/c1-3-5-7-9-11-13-15-16-18-20-22-24-26-28-34(42)39-31(30-46-38-37(45)36(44)35(43)33(29-40)47-38)32(41)27-25-23-21-19-17-14-12-10-8-6-4-2/h25,27,31-33,35-38,40-41,43-45H,3-24,26,28-30H2,1-2H3,(H,39,42)/b27-25-/t31-,32+,33+,35-,36-,37+,38+/m0/s1. The molecule has 7 atom stereocenters. The molecule has 1 amide bonds. The number of hydrogen-bond acceptors (Lipinski definition) is 8. The molecule has 278 valence electrons. The average molecular weight is 672 g/mol. The maximum atomic E-state index is 12.8. The average Bonchev–Trinajstić information content (AvgIpc) is 3.07. The molecule has 0 aromatic heterocycles. The van der Waals surface area contributed by atoms with Crippen LogP contribution in [0, 0.1) is 0 Å². The minimum Gasteiger partial charge on any atom is -0.394 e. The van der Waals surface area contributed by atoms with Gasteiger partial charge in [-0.1, -0.05) is 154 Å². The van der Waals surface area contributed by atoms with E-state index in [2.05, 4.69) is 19.2 Å². The van der Waals surface area contributed by atoms with Gasteiger partial charge in [0.05, 0.1) is 25.4 Å². The summed E-state index contributed by atoms with van der Waals surface area (Å²) in [4.78, 5) is 12.8. The van der Waals surface area contributed by atoms with Crippen molar-refractivity contribution in [3.8, 4) is 0 Å². The Morgan fingerprint density at radius 1 is 0.702 bits per heavy atom. The molecule has 1 aliphatic heterocycles. The molecule has 0 aromatic carbocycles. The van der Waals surface area contributed by atoms with Crippen molar-refractivity contribution in [1.29, 1.82) is 0 Å². The number of rotatable bonds is 31. The first-order valence-corrected chi connectivity index (χ1v) is 19.4. The maximum absolute atomic E-state index is 12.8. The van der Waals surface area contributed by atoms with Crippen LogP contribution in [0.25, 0.3) is 0 Å². The molecule has 1 heterocycles. The van der Waals surface area contributed by atoms with E-state index in [1.165, 1.54) is 109 Å². The van der Waals surface area contributed by atoms with Gasteiger partial charge in [-0.15, -0.1) is 0 Å². The predicted molar refractivity (Wildman–Crippen MR) is 189 cm³/mol. The van der Waals surface area contributed by atoms with E-state index in [1.54, 1.807) is 6.08 Å². The van der Waals surface area contributed by atoms with Gasteiger partial charge in [0.15, 0.2) is 6.29 Å². The molecule has 1 saturated heterocycles. The largest absolute Gasteiger partial charge is 0.394 e. The van der Waals surface area contributed by atoms with E-state index >= 15 is 0 Å². The van der Waals surface area contributed by atoms with E-state index < -0.39 is 49.5 Å². The van der Waals surface area contributed by atoms with E-state index in [0.717, 1.165) is 38.5 Å². The first-order chi connectivity index (χ1) is 22.8. The summed E-state index contributed by atoms with van der Waals surface area (Å²) in [5.74, 6) is -0.179. The van der Waals surface area contributed by atoms with Gasteiger partial charge in [0.25, 0.3) is 0 Å². The molecule has 0 radical (unpaired) electrons. The molecule has 0 aromatic rings. The molecule has 0 unspecified atom stereocenters. The van der Waals surface area contributed by atoms with Gasteiger partial charge in [0.2, 0.25) is 5.91 Å². The molecule has 6 N–H and O–H groups in total. The number of unbranched alkanes of at least 4 members (excludes halogenated alkanes) is 21. The minimum atomic E-state index is -1.56. The van der Waals surface area contributed by atoms with Gasteiger partial charge in [-0.25, -0.2) is 0 Å². The molecule has 9 nitrogen and oxygen atoms in total. The fraction of sp³-hybridized carbons (Fsp3) is 0.921. The van der Waals surface area contributed by atoms with Gasteiger partial charge in [-0.05, 0) is 19.3 Å². The minimum absolute atomic E-state index is 0.179. The molecule has 0 spiro atoms. The van der Waals surface area contributed by atoms with E-state index in [1.807, 2.05) is 6.08 Å². The quantitative estimate of drug-likeness (QED) is 0.0357. The van der Waals surface area contributed by atoms with Crippen LogP contribution in [-0.2, 0) is 14.3 Å². The van der Waals surface area contributed by atoms with Crippen LogP contribution < -0.4 is 5.32 Å². The molecule has 1 rings (SSSR count). The number of aliphatic hydroxyl groups excluding tert-OH is 5. The number of carbonyl (C=O) groups excluding carboxylic acids is 1. The third kappa shape index (κ3) is 21.6. The van der Waals surface area contributed by atoms with Crippen LogP contribution in [0.4, 0.5) is 0 Å². The van der Waals surface area contributed by atoms with E-state index in [-0.39, 0.29) is 12.5 Å². The van der Waals surface area contributed by atoms with E-state index in [9.17, 15) is 30.3 Å². The van der Waals surface area contributed by atoms with Crippen LogP contribution in [0.1, 0.15) is 168 Å². The zero-order chi connectivity index (χ0) is 34.5. The Labute approximate surface area is 286 Å². The maximum Gasteiger partial charge on any atom is 0.220 e. The Morgan fingerprint density at radius 2 is 1.17 bits per heavy atom. The predicted octanol–water partition coefficient (Wildman–Crippen LogP) is 6.61. The van der Waals surface area contributed by atoms with Crippen molar-refractivity contribution in [3.63, 3.8) is 0 Å². The van der Waals surface area contributed by atoms with Gasteiger partial charge in [0.1, 0.15) is 24.4 Å². The number of aliphatic hydroxyl groups is 5. The molecular weight excluding hydrogens is 598 g/mol. The van der Waals surface area contributed by atoms with Crippen molar-refractivity contribution < 1.29 is 39.8 Å². The summed E-state index contributed by atoms with van der Waals surface area (Å²) in [5.41, 5.74) is 0. The fourth-order valence-electron chi connectivity index (χ4n) is 6.15. The highest BCUT2D eigenvalue weighted by Gasteiger charge is 2.44. The number of hydrogen-bond donors (Lipinski definition) is 6. The number of ether oxygens (including phenoxy) is 2. The first kappa shape index (κ1) is 44.0. The van der Waals surface area contributed by atoms with Crippen LogP contribution >= 0.6 is 0 Å². The monoisotopic (exact) mass is 672 g/mol. The van der Waals surface area contributed by atoms with Gasteiger partial charge < -0.3 is 40.3 Å².